The second kappa shape index (κ2) is 6.77. The first-order valence-electron chi connectivity index (χ1n) is 5.86. The number of terminal acetylenes is 1. The number of amides is 1. The van der Waals surface area contributed by atoms with Gasteiger partial charge in [-0.3, -0.25) is 4.79 Å². The fraction of sp³-hybridized carbons (Fsp3) is 0.357. The van der Waals surface area contributed by atoms with E-state index in [-0.39, 0.29) is 12.5 Å². The first kappa shape index (κ1) is 13.4. The maximum absolute atomic E-state index is 11.7. The summed E-state index contributed by atoms with van der Waals surface area (Å²) in [7, 11) is 0. The van der Waals surface area contributed by atoms with Crippen LogP contribution in [0, 0.1) is 12.3 Å². The molecule has 2 nitrogen and oxygen atoms in total. The van der Waals surface area contributed by atoms with Crippen LogP contribution in [0.4, 0.5) is 0 Å². The number of thioether (sulfide) groups is 2. The standard InChI is InChI=1S/C14H15NOS2/c1-2-8-15-13(16)11-4-6-12(7-5-11)14-17-9-3-10-18-14/h1,4-7,14H,3,8-10H2,(H,15,16). The lowest BCUT2D eigenvalue weighted by molar-refractivity contribution is 0.0958. The first-order chi connectivity index (χ1) is 8.81. The van der Waals surface area contributed by atoms with E-state index >= 15 is 0 Å². The van der Waals surface area contributed by atoms with Crippen LogP contribution >= 0.6 is 23.5 Å². The number of rotatable bonds is 3. The van der Waals surface area contributed by atoms with Crippen LogP contribution in [0.15, 0.2) is 24.3 Å². The zero-order valence-corrected chi connectivity index (χ0v) is 11.7. The molecule has 0 atom stereocenters. The molecular formula is C14H15NOS2. The van der Waals surface area contributed by atoms with E-state index in [1.54, 1.807) is 0 Å². The van der Waals surface area contributed by atoms with Gasteiger partial charge in [-0.05, 0) is 35.6 Å². The van der Waals surface area contributed by atoms with E-state index in [1.807, 2.05) is 47.8 Å². The molecule has 1 heterocycles. The van der Waals surface area contributed by atoms with Crippen LogP contribution < -0.4 is 5.32 Å². The van der Waals surface area contributed by atoms with Crippen LogP contribution in [0.25, 0.3) is 0 Å². The minimum Gasteiger partial charge on any atom is -0.341 e. The Hall–Kier alpha value is -1.05. The first-order valence-corrected chi connectivity index (χ1v) is 7.96. The summed E-state index contributed by atoms with van der Waals surface area (Å²) in [4.78, 5) is 11.7. The summed E-state index contributed by atoms with van der Waals surface area (Å²) in [6.45, 7) is 0.273. The lowest BCUT2D eigenvalue weighted by Crippen LogP contribution is -2.23. The van der Waals surface area contributed by atoms with E-state index in [2.05, 4.69) is 11.2 Å². The van der Waals surface area contributed by atoms with Crippen molar-refractivity contribution in [2.45, 2.75) is 11.0 Å². The highest BCUT2D eigenvalue weighted by molar-refractivity contribution is 8.16. The third kappa shape index (κ3) is 3.47. The van der Waals surface area contributed by atoms with E-state index in [4.69, 9.17) is 6.42 Å². The summed E-state index contributed by atoms with van der Waals surface area (Å²) in [5, 5.41) is 2.66. The number of nitrogens with one attached hydrogen (secondary N) is 1. The maximum atomic E-state index is 11.7. The van der Waals surface area contributed by atoms with Crippen molar-refractivity contribution in [3.63, 3.8) is 0 Å². The fourth-order valence-electron chi connectivity index (χ4n) is 1.71. The molecule has 0 unspecified atom stereocenters. The smallest absolute Gasteiger partial charge is 0.252 e. The lowest BCUT2D eigenvalue weighted by Gasteiger charge is -2.21. The number of benzene rings is 1. The van der Waals surface area contributed by atoms with E-state index in [1.165, 1.54) is 23.5 Å². The van der Waals surface area contributed by atoms with Crippen LogP contribution in [0.2, 0.25) is 0 Å². The largest absolute Gasteiger partial charge is 0.341 e. The molecule has 1 fully saturated rings. The zero-order valence-electron chi connectivity index (χ0n) is 10.0. The monoisotopic (exact) mass is 277 g/mol. The maximum Gasteiger partial charge on any atom is 0.252 e. The average Bonchev–Trinajstić information content (AvgIpc) is 2.46. The SMILES string of the molecule is C#CCNC(=O)c1ccc(C2SCCCS2)cc1. The molecule has 1 aromatic rings. The highest BCUT2D eigenvalue weighted by Gasteiger charge is 2.16. The van der Waals surface area contributed by atoms with Crippen molar-refractivity contribution < 1.29 is 4.79 Å². The van der Waals surface area contributed by atoms with Gasteiger partial charge in [-0.25, -0.2) is 0 Å². The zero-order chi connectivity index (χ0) is 12.8. The average molecular weight is 277 g/mol. The van der Waals surface area contributed by atoms with Crippen LogP contribution in [-0.4, -0.2) is 24.0 Å². The molecular weight excluding hydrogens is 262 g/mol. The van der Waals surface area contributed by atoms with E-state index in [0.717, 1.165) is 0 Å². The Morgan fingerprint density at radius 2 is 2.00 bits per heavy atom. The van der Waals surface area contributed by atoms with Crippen LogP contribution in [0.3, 0.4) is 0 Å². The molecule has 1 aliphatic heterocycles. The summed E-state index contributed by atoms with van der Waals surface area (Å²) in [5.41, 5.74) is 1.96. The lowest BCUT2D eigenvalue weighted by atomic mass is 10.1. The molecule has 1 saturated heterocycles. The van der Waals surface area contributed by atoms with Gasteiger partial charge in [-0.15, -0.1) is 29.9 Å². The van der Waals surface area contributed by atoms with Crippen molar-refractivity contribution in [2.75, 3.05) is 18.1 Å². The second-order valence-corrected chi connectivity index (χ2v) is 6.66. The van der Waals surface area contributed by atoms with Gasteiger partial charge in [-0.2, -0.15) is 0 Å². The van der Waals surface area contributed by atoms with Crippen LogP contribution in [-0.2, 0) is 0 Å². The molecule has 94 valence electrons. The Morgan fingerprint density at radius 3 is 2.61 bits per heavy atom. The normalized spacial score (nSPS) is 15.9. The van der Waals surface area contributed by atoms with Gasteiger partial charge in [-0.1, -0.05) is 18.1 Å². The molecule has 2 rings (SSSR count). The molecule has 0 radical (unpaired) electrons. The molecule has 0 saturated carbocycles. The highest BCUT2D eigenvalue weighted by atomic mass is 32.2. The highest BCUT2D eigenvalue weighted by Crippen LogP contribution is 2.43. The summed E-state index contributed by atoms with van der Waals surface area (Å²) in [6.07, 6.45) is 6.40. The number of carbonyl (C=O) groups is 1. The summed E-state index contributed by atoms with van der Waals surface area (Å²) in [6, 6.07) is 7.83. The molecule has 0 aromatic heterocycles. The Labute approximate surface area is 116 Å². The number of carbonyl (C=O) groups excluding carboxylic acids is 1. The van der Waals surface area contributed by atoms with Gasteiger partial charge in [0.25, 0.3) is 5.91 Å². The van der Waals surface area contributed by atoms with Crippen molar-refractivity contribution >= 4 is 29.4 Å². The molecule has 4 heteroatoms. The van der Waals surface area contributed by atoms with Gasteiger partial charge in [0.15, 0.2) is 0 Å². The predicted molar refractivity (Wildman–Crippen MR) is 79.9 cm³/mol. The molecule has 1 N–H and O–H groups in total. The van der Waals surface area contributed by atoms with E-state index in [0.29, 0.717) is 10.1 Å². The van der Waals surface area contributed by atoms with Crippen molar-refractivity contribution in [3.05, 3.63) is 35.4 Å². The van der Waals surface area contributed by atoms with Gasteiger partial charge in [0.05, 0.1) is 11.1 Å². The Morgan fingerprint density at radius 1 is 1.33 bits per heavy atom. The Bertz CT molecular complexity index is 444. The van der Waals surface area contributed by atoms with Crippen molar-refractivity contribution in [1.82, 2.24) is 5.32 Å². The van der Waals surface area contributed by atoms with Gasteiger partial charge in [0.2, 0.25) is 0 Å². The summed E-state index contributed by atoms with van der Waals surface area (Å²) < 4.78 is 0.515. The van der Waals surface area contributed by atoms with Crippen molar-refractivity contribution in [3.8, 4) is 12.3 Å². The van der Waals surface area contributed by atoms with Crippen molar-refractivity contribution in [1.29, 1.82) is 0 Å². The predicted octanol–water partition coefficient (Wildman–Crippen LogP) is 2.92. The number of hydrogen-bond donors (Lipinski definition) is 1. The minimum absolute atomic E-state index is 0.108. The molecule has 1 aromatic carbocycles. The van der Waals surface area contributed by atoms with Gasteiger partial charge < -0.3 is 5.32 Å². The third-order valence-electron chi connectivity index (χ3n) is 2.62. The second-order valence-electron chi connectivity index (χ2n) is 3.94. The van der Waals surface area contributed by atoms with Gasteiger partial charge in [0.1, 0.15) is 0 Å². The van der Waals surface area contributed by atoms with Crippen LogP contribution in [0.1, 0.15) is 26.9 Å². The summed E-state index contributed by atoms with van der Waals surface area (Å²) >= 11 is 3.96. The Kier molecular flexibility index (Phi) is 5.03. The van der Waals surface area contributed by atoms with Gasteiger partial charge in [0, 0.05) is 5.56 Å². The molecule has 18 heavy (non-hydrogen) atoms. The van der Waals surface area contributed by atoms with Crippen molar-refractivity contribution in [2.24, 2.45) is 0 Å². The topological polar surface area (TPSA) is 29.1 Å². The Balaban J connectivity index is 2.00. The fourth-order valence-corrected chi connectivity index (χ4v) is 4.60. The molecule has 1 amide bonds. The van der Waals surface area contributed by atoms with Gasteiger partial charge >= 0.3 is 0 Å². The summed E-state index contributed by atoms with van der Waals surface area (Å²) in [5.74, 6) is 4.73. The number of hydrogen-bond acceptors (Lipinski definition) is 3. The molecule has 0 bridgehead atoms. The molecule has 0 spiro atoms. The minimum atomic E-state index is -0.108. The molecule has 0 aliphatic carbocycles. The van der Waals surface area contributed by atoms with E-state index in [9.17, 15) is 4.79 Å². The quantitative estimate of drug-likeness (QED) is 0.861. The molecule has 1 aliphatic rings. The van der Waals surface area contributed by atoms with Crippen LogP contribution in [0.5, 0.6) is 0 Å². The third-order valence-corrected chi connectivity index (χ3v) is 5.64. The van der Waals surface area contributed by atoms with E-state index < -0.39 is 0 Å².